The van der Waals surface area contributed by atoms with Gasteiger partial charge in [-0.25, -0.2) is 0 Å². The predicted molar refractivity (Wildman–Crippen MR) is 126 cm³/mol. The number of para-hydroxylation sites is 2. The number of carbonyl (C=O) groups is 1. The molecular formula is C26H34N2O5. The molecule has 2 aromatic rings. The van der Waals surface area contributed by atoms with Crippen LogP contribution in [0.15, 0.2) is 36.4 Å². The molecule has 7 nitrogen and oxygen atoms in total. The van der Waals surface area contributed by atoms with Crippen LogP contribution in [-0.4, -0.2) is 68.8 Å². The predicted octanol–water partition coefficient (Wildman–Crippen LogP) is 3.53. The van der Waals surface area contributed by atoms with Gasteiger partial charge in [0.05, 0.1) is 27.4 Å². The summed E-state index contributed by atoms with van der Waals surface area (Å²) in [5, 5.41) is 0. The number of nitrogens with zero attached hydrogens (tertiary/aromatic N) is 2. The van der Waals surface area contributed by atoms with Crippen molar-refractivity contribution in [2.75, 3.05) is 47.0 Å². The summed E-state index contributed by atoms with van der Waals surface area (Å²) < 4.78 is 22.7. The Morgan fingerprint density at radius 2 is 1.61 bits per heavy atom. The van der Waals surface area contributed by atoms with E-state index in [4.69, 9.17) is 18.9 Å². The van der Waals surface area contributed by atoms with Crippen molar-refractivity contribution >= 4 is 5.91 Å². The average molecular weight is 455 g/mol. The molecule has 2 aliphatic heterocycles. The highest BCUT2D eigenvalue weighted by atomic mass is 16.5. The number of rotatable bonds is 8. The lowest BCUT2D eigenvalue weighted by atomic mass is 9.98. The number of hydrogen-bond acceptors (Lipinski definition) is 6. The van der Waals surface area contributed by atoms with Gasteiger partial charge in [0.1, 0.15) is 6.10 Å². The summed E-state index contributed by atoms with van der Waals surface area (Å²) in [4.78, 5) is 17.2. The molecule has 0 spiro atoms. The van der Waals surface area contributed by atoms with E-state index in [-0.39, 0.29) is 12.0 Å². The average Bonchev–Trinajstić information content (AvgIpc) is 2.85. The maximum absolute atomic E-state index is 13.0. The summed E-state index contributed by atoms with van der Waals surface area (Å²) in [5.41, 5.74) is 2.36. The van der Waals surface area contributed by atoms with Crippen LogP contribution in [0.2, 0.25) is 0 Å². The molecular weight excluding hydrogens is 420 g/mol. The van der Waals surface area contributed by atoms with E-state index < -0.39 is 0 Å². The molecule has 0 N–H and O–H groups in total. The Bertz CT molecular complexity index is 956. The zero-order chi connectivity index (χ0) is 23.2. The molecule has 178 valence electrons. The van der Waals surface area contributed by atoms with Crippen molar-refractivity contribution in [3.63, 3.8) is 0 Å². The molecule has 0 bridgehead atoms. The van der Waals surface area contributed by atoms with Gasteiger partial charge in [-0.2, -0.15) is 0 Å². The summed E-state index contributed by atoms with van der Waals surface area (Å²) in [5.74, 6) is 3.21. The molecule has 0 radical (unpaired) electrons. The number of piperidine rings is 1. The number of hydrogen-bond donors (Lipinski definition) is 0. The number of likely N-dealkylation sites (tertiary alicyclic amines) is 1. The Morgan fingerprint density at radius 1 is 0.939 bits per heavy atom. The van der Waals surface area contributed by atoms with Gasteiger partial charge in [0.15, 0.2) is 23.0 Å². The third-order valence-corrected chi connectivity index (χ3v) is 6.41. The van der Waals surface area contributed by atoms with Crippen molar-refractivity contribution in [3.8, 4) is 23.0 Å². The first-order valence-corrected chi connectivity index (χ1v) is 11.7. The number of carbonyl (C=O) groups excluding carboxylic acids is 1. The summed E-state index contributed by atoms with van der Waals surface area (Å²) in [7, 11) is 3.29. The maximum Gasteiger partial charge on any atom is 0.237 e. The van der Waals surface area contributed by atoms with Gasteiger partial charge >= 0.3 is 0 Å². The van der Waals surface area contributed by atoms with Crippen LogP contribution < -0.4 is 18.9 Å². The number of benzene rings is 2. The zero-order valence-corrected chi connectivity index (χ0v) is 19.8. The fraction of sp³-hybridized carbons (Fsp3) is 0.500. The minimum Gasteiger partial charge on any atom is -0.493 e. The molecule has 0 aliphatic carbocycles. The maximum atomic E-state index is 13.0. The standard InChI is InChI=1S/C26H34N2O5/c1-4-32-22-7-5-6-8-23(22)33-21-10-12-27(13-11-21)18-26(29)28-14-9-19-15-24(30-2)25(31-3)16-20(19)17-28/h5-8,15-16,21H,4,9-14,17-18H2,1-3H3. The van der Waals surface area contributed by atoms with Crippen LogP contribution in [0, 0.1) is 0 Å². The Hall–Kier alpha value is -2.93. The number of ether oxygens (including phenoxy) is 4. The van der Waals surface area contributed by atoms with Crippen LogP contribution in [-0.2, 0) is 17.8 Å². The third kappa shape index (κ3) is 5.53. The van der Waals surface area contributed by atoms with Gasteiger partial charge in [-0.05, 0) is 61.6 Å². The molecule has 0 saturated carbocycles. The van der Waals surface area contributed by atoms with Crippen LogP contribution in [0.3, 0.4) is 0 Å². The monoisotopic (exact) mass is 454 g/mol. The normalized spacial score (nSPS) is 16.8. The number of methoxy groups -OCH3 is 2. The molecule has 4 rings (SSSR count). The lowest BCUT2D eigenvalue weighted by Crippen LogP contribution is -2.46. The van der Waals surface area contributed by atoms with Crippen LogP contribution in [0.4, 0.5) is 0 Å². The SMILES string of the molecule is CCOc1ccccc1OC1CCN(CC(=O)N2CCc3cc(OC)c(OC)cc3C2)CC1. The van der Waals surface area contributed by atoms with Crippen LogP contribution in [0.25, 0.3) is 0 Å². The minimum absolute atomic E-state index is 0.141. The summed E-state index contributed by atoms with van der Waals surface area (Å²) >= 11 is 0. The highest BCUT2D eigenvalue weighted by molar-refractivity contribution is 5.78. The van der Waals surface area contributed by atoms with Gasteiger partial charge in [0, 0.05) is 26.2 Å². The molecule has 2 heterocycles. The van der Waals surface area contributed by atoms with Gasteiger partial charge < -0.3 is 23.8 Å². The van der Waals surface area contributed by atoms with E-state index in [9.17, 15) is 4.79 Å². The molecule has 2 aliphatic rings. The van der Waals surface area contributed by atoms with E-state index in [1.807, 2.05) is 48.2 Å². The van der Waals surface area contributed by atoms with Gasteiger partial charge in [0.25, 0.3) is 0 Å². The van der Waals surface area contributed by atoms with Crippen LogP contribution >= 0.6 is 0 Å². The van der Waals surface area contributed by atoms with E-state index >= 15 is 0 Å². The van der Waals surface area contributed by atoms with Crippen molar-refractivity contribution in [2.24, 2.45) is 0 Å². The van der Waals surface area contributed by atoms with E-state index in [1.165, 1.54) is 5.56 Å². The van der Waals surface area contributed by atoms with Crippen molar-refractivity contribution < 1.29 is 23.7 Å². The van der Waals surface area contributed by atoms with Gasteiger partial charge in [-0.1, -0.05) is 12.1 Å². The summed E-state index contributed by atoms with van der Waals surface area (Å²) in [6.45, 7) is 6.08. The summed E-state index contributed by atoms with van der Waals surface area (Å²) in [6, 6.07) is 11.8. The lowest BCUT2D eigenvalue weighted by Gasteiger charge is -2.35. The van der Waals surface area contributed by atoms with E-state index in [2.05, 4.69) is 4.90 Å². The van der Waals surface area contributed by atoms with E-state index in [0.717, 1.165) is 61.7 Å². The molecule has 0 unspecified atom stereocenters. The van der Waals surface area contributed by atoms with Gasteiger partial charge in [0.2, 0.25) is 5.91 Å². The van der Waals surface area contributed by atoms with Crippen molar-refractivity contribution in [1.82, 2.24) is 9.80 Å². The Kier molecular flexibility index (Phi) is 7.60. The highest BCUT2D eigenvalue weighted by Crippen LogP contribution is 2.33. The number of amides is 1. The Labute approximate surface area is 196 Å². The first-order valence-electron chi connectivity index (χ1n) is 11.7. The van der Waals surface area contributed by atoms with Crippen molar-refractivity contribution in [3.05, 3.63) is 47.5 Å². The topological polar surface area (TPSA) is 60.5 Å². The first-order chi connectivity index (χ1) is 16.1. The van der Waals surface area contributed by atoms with Crippen LogP contribution in [0.1, 0.15) is 30.9 Å². The quantitative estimate of drug-likeness (QED) is 0.608. The molecule has 0 atom stereocenters. The van der Waals surface area contributed by atoms with Crippen molar-refractivity contribution in [1.29, 1.82) is 0 Å². The Balaban J connectivity index is 1.28. The lowest BCUT2D eigenvalue weighted by molar-refractivity contribution is -0.133. The molecule has 1 saturated heterocycles. The molecule has 0 aromatic heterocycles. The second-order valence-corrected chi connectivity index (χ2v) is 8.51. The highest BCUT2D eigenvalue weighted by Gasteiger charge is 2.27. The zero-order valence-electron chi connectivity index (χ0n) is 19.8. The largest absolute Gasteiger partial charge is 0.493 e. The molecule has 7 heteroatoms. The Morgan fingerprint density at radius 3 is 2.27 bits per heavy atom. The first kappa shape index (κ1) is 23.2. The smallest absolute Gasteiger partial charge is 0.237 e. The summed E-state index contributed by atoms with van der Waals surface area (Å²) in [6.07, 6.45) is 2.76. The van der Waals surface area contributed by atoms with Crippen molar-refractivity contribution in [2.45, 2.75) is 38.8 Å². The van der Waals surface area contributed by atoms with Gasteiger partial charge in [-0.3, -0.25) is 9.69 Å². The molecule has 2 aromatic carbocycles. The molecule has 1 amide bonds. The molecule has 33 heavy (non-hydrogen) atoms. The number of fused-ring (bicyclic) bond motifs is 1. The fourth-order valence-electron chi connectivity index (χ4n) is 4.57. The molecule has 1 fully saturated rings. The van der Waals surface area contributed by atoms with Crippen LogP contribution in [0.5, 0.6) is 23.0 Å². The van der Waals surface area contributed by atoms with E-state index in [1.54, 1.807) is 14.2 Å². The van der Waals surface area contributed by atoms with Gasteiger partial charge in [-0.15, -0.1) is 0 Å². The minimum atomic E-state index is 0.141. The van der Waals surface area contributed by atoms with E-state index in [0.29, 0.717) is 25.4 Å². The fourth-order valence-corrected chi connectivity index (χ4v) is 4.57. The third-order valence-electron chi connectivity index (χ3n) is 6.41. The second kappa shape index (κ2) is 10.8. The second-order valence-electron chi connectivity index (χ2n) is 8.51.